The number of anilines is 1. The molecule has 0 atom stereocenters. The van der Waals surface area contributed by atoms with Crippen molar-refractivity contribution in [1.82, 2.24) is 9.78 Å². The molecule has 1 aromatic heterocycles. The summed E-state index contributed by atoms with van der Waals surface area (Å²) in [6.45, 7) is 1.94. The number of nitrogens with zero attached hydrogens (tertiary/aromatic N) is 2. The Morgan fingerprint density at radius 2 is 1.72 bits per heavy atom. The Labute approximate surface area is 184 Å². The number of amides is 1. The zero-order chi connectivity index (χ0) is 22.9. The molecule has 0 aliphatic rings. The zero-order valence-corrected chi connectivity index (χ0v) is 17.8. The quantitative estimate of drug-likeness (QED) is 0.481. The van der Waals surface area contributed by atoms with Crippen molar-refractivity contribution in [2.75, 3.05) is 5.32 Å². The van der Waals surface area contributed by atoms with Crippen molar-refractivity contribution in [3.63, 3.8) is 0 Å². The average molecular weight is 450 g/mol. The molecule has 0 radical (unpaired) electrons. The van der Waals surface area contributed by atoms with E-state index in [1.807, 2.05) is 31.2 Å². The van der Waals surface area contributed by atoms with Gasteiger partial charge in [0.2, 0.25) is 10.0 Å². The standard InChI is InChI=1S/C23H19FN4O3S/c1-15-3-2-4-16(13-15)22-21(14-28(27-22)19-9-5-17(24)6-10-19)23(29)26-18-7-11-20(12-8-18)32(25,30)31/h2-14H,1H3,(H,26,29)(H2,25,30,31). The Hall–Kier alpha value is -3.82. The fraction of sp³-hybridized carbons (Fsp3) is 0.0435. The number of aromatic nitrogens is 2. The fourth-order valence-corrected chi connectivity index (χ4v) is 3.71. The van der Waals surface area contributed by atoms with Crippen molar-refractivity contribution in [2.45, 2.75) is 11.8 Å². The normalized spacial score (nSPS) is 11.3. The summed E-state index contributed by atoms with van der Waals surface area (Å²) in [5.41, 5.74) is 3.50. The average Bonchev–Trinajstić information content (AvgIpc) is 3.20. The lowest BCUT2D eigenvalue weighted by Gasteiger charge is -2.07. The van der Waals surface area contributed by atoms with Gasteiger partial charge >= 0.3 is 0 Å². The molecular formula is C23H19FN4O3S. The summed E-state index contributed by atoms with van der Waals surface area (Å²) in [7, 11) is -3.83. The smallest absolute Gasteiger partial charge is 0.259 e. The monoisotopic (exact) mass is 450 g/mol. The summed E-state index contributed by atoms with van der Waals surface area (Å²) in [5, 5.41) is 12.4. The van der Waals surface area contributed by atoms with Gasteiger partial charge in [-0.15, -0.1) is 0 Å². The molecule has 0 bridgehead atoms. The lowest BCUT2D eigenvalue weighted by molar-refractivity contribution is 0.102. The highest BCUT2D eigenvalue weighted by molar-refractivity contribution is 7.89. The van der Waals surface area contributed by atoms with Crippen molar-refractivity contribution in [3.8, 4) is 16.9 Å². The predicted octanol–water partition coefficient (Wildman–Crippen LogP) is 3.89. The molecule has 0 aliphatic heterocycles. The van der Waals surface area contributed by atoms with E-state index in [1.54, 1.807) is 18.3 Å². The molecule has 0 fully saturated rings. The van der Waals surface area contributed by atoms with E-state index >= 15 is 0 Å². The van der Waals surface area contributed by atoms with E-state index in [0.29, 0.717) is 22.6 Å². The van der Waals surface area contributed by atoms with E-state index < -0.39 is 15.9 Å². The first-order chi connectivity index (χ1) is 15.2. The highest BCUT2D eigenvalue weighted by Gasteiger charge is 2.19. The number of benzene rings is 3. The van der Waals surface area contributed by atoms with Crippen LogP contribution in [0.15, 0.2) is 83.9 Å². The van der Waals surface area contributed by atoms with Crippen LogP contribution in [0.5, 0.6) is 0 Å². The highest BCUT2D eigenvalue weighted by Crippen LogP contribution is 2.26. The fourth-order valence-electron chi connectivity index (χ4n) is 3.20. The Morgan fingerprint density at radius 1 is 1.03 bits per heavy atom. The number of halogens is 1. The van der Waals surface area contributed by atoms with Crippen LogP contribution in [-0.4, -0.2) is 24.1 Å². The topological polar surface area (TPSA) is 107 Å². The first kappa shape index (κ1) is 21.4. The minimum absolute atomic E-state index is 0.0555. The molecular weight excluding hydrogens is 431 g/mol. The predicted molar refractivity (Wildman–Crippen MR) is 119 cm³/mol. The molecule has 1 amide bonds. The molecule has 9 heteroatoms. The SMILES string of the molecule is Cc1cccc(-c2nn(-c3ccc(F)cc3)cc2C(=O)Nc2ccc(S(N)(=O)=O)cc2)c1. The van der Waals surface area contributed by atoms with Crippen LogP contribution in [0.4, 0.5) is 10.1 Å². The van der Waals surface area contributed by atoms with Gasteiger partial charge in [0.05, 0.1) is 16.1 Å². The number of hydrogen-bond donors (Lipinski definition) is 2. The molecule has 7 nitrogen and oxygen atoms in total. The summed E-state index contributed by atoms with van der Waals surface area (Å²) >= 11 is 0. The summed E-state index contributed by atoms with van der Waals surface area (Å²) in [6, 6.07) is 18.9. The maximum absolute atomic E-state index is 13.3. The molecule has 0 unspecified atom stereocenters. The number of sulfonamides is 1. The van der Waals surface area contributed by atoms with Gasteiger partial charge in [0.15, 0.2) is 0 Å². The van der Waals surface area contributed by atoms with Gasteiger partial charge in [0.25, 0.3) is 5.91 Å². The number of rotatable bonds is 5. The molecule has 32 heavy (non-hydrogen) atoms. The van der Waals surface area contributed by atoms with E-state index in [0.717, 1.165) is 11.1 Å². The van der Waals surface area contributed by atoms with Crippen LogP contribution in [0, 0.1) is 12.7 Å². The van der Waals surface area contributed by atoms with Crippen molar-refractivity contribution >= 4 is 21.6 Å². The Bertz CT molecular complexity index is 1400. The molecule has 162 valence electrons. The minimum Gasteiger partial charge on any atom is -0.322 e. The van der Waals surface area contributed by atoms with Gasteiger partial charge in [-0.3, -0.25) is 4.79 Å². The lowest BCUT2D eigenvalue weighted by Crippen LogP contribution is -2.14. The number of hydrogen-bond acceptors (Lipinski definition) is 4. The summed E-state index contributed by atoms with van der Waals surface area (Å²) in [5.74, 6) is -0.807. The second kappa shape index (κ2) is 8.37. The minimum atomic E-state index is -3.83. The largest absolute Gasteiger partial charge is 0.322 e. The van der Waals surface area contributed by atoms with Gasteiger partial charge < -0.3 is 5.32 Å². The van der Waals surface area contributed by atoms with Crippen LogP contribution in [0.25, 0.3) is 16.9 Å². The third-order valence-corrected chi connectivity index (χ3v) is 5.71. The first-order valence-electron chi connectivity index (χ1n) is 9.57. The van der Waals surface area contributed by atoms with Crippen LogP contribution in [0.2, 0.25) is 0 Å². The van der Waals surface area contributed by atoms with Gasteiger partial charge in [-0.1, -0.05) is 23.8 Å². The molecule has 1 heterocycles. The number of nitrogens with two attached hydrogens (primary N) is 1. The molecule has 0 saturated heterocycles. The van der Waals surface area contributed by atoms with Crippen molar-refractivity contribution in [3.05, 3.63) is 95.9 Å². The van der Waals surface area contributed by atoms with Gasteiger partial charge in [-0.25, -0.2) is 22.6 Å². The second-order valence-electron chi connectivity index (χ2n) is 7.21. The third kappa shape index (κ3) is 4.58. The van der Waals surface area contributed by atoms with Crippen LogP contribution in [-0.2, 0) is 10.0 Å². The molecule has 0 aliphatic carbocycles. The van der Waals surface area contributed by atoms with Gasteiger partial charge in [0.1, 0.15) is 11.5 Å². The summed E-state index contributed by atoms with van der Waals surface area (Å²) in [4.78, 5) is 13.1. The maximum atomic E-state index is 13.3. The molecule has 4 rings (SSSR count). The second-order valence-corrected chi connectivity index (χ2v) is 8.77. The van der Waals surface area contributed by atoms with E-state index in [1.165, 1.54) is 41.1 Å². The van der Waals surface area contributed by atoms with Gasteiger partial charge in [0, 0.05) is 17.4 Å². The summed E-state index contributed by atoms with van der Waals surface area (Å²) in [6.07, 6.45) is 1.57. The Balaban J connectivity index is 1.72. The molecule has 4 aromatic rings. The number of carbonyl (C=O) groups is 1. The molecule has 0 spiro atoms. The summed E-state index contributed by atoms with van der Waals surface area (Å²) < 4.78 is 37.7. The lowest BCUT2D eigenvalue weighted by atomic mass is 10.1. The van der Waals surface area contributed by atoms with Crippen LogP contribution >= 0.6 is 0 Å². The zero-order valence-electron chi connectivity index (χ0n) is 17.0. The highest BCUT2D eigenvalue weighted by atomic mass is 32.2. The van der Waals surface area contributed by atoms with Crippen LogP contribution < -0.4 is 10.5 Å². The Kier molecular flexibility index (Phi) is 5.60. The number of aryl methyl sites for hydroxylation is 1. The molecule has 0 saturated carbocycles. The van der Waals surface area contributed by atoms with Gasteiger partial charge in [-0.2, -0.15) is 5.10 Å². The number of carbonyl (C=O) groups excluding carboxylic acids is 1. The maximum Gasteiger partial charge on any atom is 0.259 e. The van der Waals surface area contributed by atoms with E-state index in [2.05, 4.69) is 10.4 Å². The van der Waals surface area contributed by atoms with E-state index in [-0.39, 0.29) is 10.7 Å². The number of primary sulfonamides is 1. The van der Waals surface area contributed by atoms with Crippen molar-refractivity contribution in [2.24, 2.45) is 5.14 Å². The third-order valence-electron chi connectivity index (χ3n) is 4.78. The Morgan fingerprint density at radius 3 is 2.34 bits per heavy atom. The van der Waals surface area contributed by atoms with Crippen molar-refractivity contribution < 1.29 is 17.6 Å². The van der Waals surface area contributed by atoms with E-state index in [4.69, 9.17) is 5.14 Å². The molecule has 3 N–H and O–H groups in total. The van der Waals surface area contributed by atoms with Crippen LogP contribution in [0.1, 0.15) is 15.9 Å². The molecule has 3 aromatic carbocycles. The van der Waals surface area contributed by atoms with Crippen LogP contribution in [0.3, 0.4) is 0 Å². The van der Waals surface area contributed by atoms with E-state index in [9.17, 15) is 17.6 Å². The van der Waals surface area contributed by atoms with Crippen molar-refractivity contribution in [1.29, 1.82) is 0 Å². The first-order valence-corrected chi connectivity index (χ1v) is 11.1. The van der Waals surface area contributed by atoms with Gasteiger partial charge in [-0.05, 0) is 61.5 Å². The number of nitrogens with one attached hydrogen (secondary N) is 1.